The molecule has 4 nitrogen and oxygen atoms in total. The maximum Gasteiger partial charge on any atom is 0.417 e. The fourth-order valence-corrected chi connectivity index (χ4v) is 2.77. The summed E-state index contributed by atoms with van der Waals surface area (Å²) in [6.07, 6.45) is -4.27. The molecule has 0 aliphatic rings. The van der Waals surface area contributed by atoms with Crippen molar-refractivity contribution in [3.63, 3.8) is 0 Å². The standard InChI is InChI=1S/C19H20F3NO3/c1-13(12-14-8-4-7-11-17(14)25-2)23(26-3)18(24)15-9-5-6-10-16(15)19(20,21)22/h4-11,13H,12H2,1-3H3/t13-/m0/s1. The third-order valence-electron chi connectivity index (χ3n) is 3.97. The molecular weight excluding hydrogens is 347 g/mol. The van der Waals surface area contributed by atoms with Gasteiger partial charge in [-0.3, -0.25) is 9.63 Å². The first-order chi connectivity index (χ1) is 12.3. The first-order valence-electron chi connectivity index (χ1n) is 7.95. The van der Waals surface area contributed by atoms with E-state index in [1.165, 1.54) is 26.4 Å². The summed E-state index contributed by atoms with van der Waals surface area (Å²) in [4.78, 5) is 17.8. The van der Waals surface area contributed by atoms with Crippen molar-refractivity contribution in [3.8, 4) is 5.75 Å². The van der Waals surface area contributed by atoms with Crippen LogP contribution in [-0.4, -0.2) is 31.2 Å². The van der Waals surface area contributed by atoms with Crippen molar-refractivity contribution in [2.45, 2.75) is 25.6 Å². The van der Waals surface area contributed by atoms with Crippen LogP contribution in [0.3, 0.4) is 0 Å². The van der Waals surface area contributed by atoms with Crippen molar-refractivity contribution in [2.24, 2.45) is 0 Å². The average molecular weight is 367 g/mol. The van der Waals surface area contributed by atoms with Gasteiger partial charge in [0.15, 0.2) is 0 Å². The van der Waals surface area contributed by atoms with Gasteiger partial charge in [0, 0.05) is 0 Å². The smallest absolute Gasteiger partial charge is 0.417 e. The number of amides is 1. The fourth-order valence-electron chi connectivity index (χ4n) is 2.77. The second kappa shape index (κ2) is 8.23. The van der Waals surface area contributed by atoms with Gasteiger partial charge in [0.2, 0.25) is 0 Å². The predicted octanol–water partition coefficient (Wildman–Crippen LogP) is 4.35. The van der Waals surface area contributed by atoms with Crippen LogP contribution in [0.2, 0.25) is 0 Å². The van der Waals surface area contributed by atoms with Crippen LogP contribution in [0.1, 0.15) is 28.4 Å². The van der Waals surface area contributed by atoms with Gasteiger partial charge in [-0.2, -0.15) is 13.2 Å². The minimum absolute atomic E-state index is 0.359. The van der Waals surface area contributed by atoms with Crippen LogP contribution in [0.5, 0.6) is 5.75 Å². The topological polar surface area (TPSA) is 38.8 Å². The fraction of sp³-hybridized carbons (Fsp3) is 0.316. The maximum atomic E-state index is 13.2. The monoisotopic (exact) mass is 367 g/mol. The van der Waals surface area contributed by atoms with Gasteiger partial charge in [-0.15, -0.1) is 0 Å². The zero-order valence-electron chi connectivity index (χ0n) is 14.7. The molecule has 0 unspecified atom stereocenters. The summed E-state index contributed by atoms with van der Waals surface area (Å²) in [5.41, 5.74) is -0.619. The van der Waals surface area contributed by atoms with E-state index >= 15 is 0 Å². The summed E-state index contributed by atoms with van der Waals surface area (Å²) < 4.78 is 44.9. The number of para-hydroxylation sites is 1. The quantitative estimate of drug-likeness (QED) is 0.713. The Morgan fingerprint density at radius 3 is 2.31 bits per heavy atom. The summed E-state index contributed by atoms with van der Waals surface area (Å²) in [6, 6.07) is 11.4. The van der Waals surface area contributed by atoms with Crippen molar-refractivity contribution in [1.29, 1.82) is 0 Å². The molecule has 0 fully saturated rings. The summed E-state index contributed by atoms with van der Waals surface area (Å²) in [7, 11) is 2.79. The summed E-state index contributed by atoms with van der Waals surface area (Å²) in [5, 5.41) is 0.955. The van der Waals surface area contributed by atoms with E-state index in [4.69, 9.17) is 9.57 Å². The van der Waals surface area contributed by atoms with Crippen LogP contribution < -0.4 is 4.74 Å². The lowest BCUT2D eigenvalue weighted by molar-refractivity contribution is -0.140. The van der Waals surface area contributed by atoms with Gasteiger partial charge in [-0.1, -0.05) is 30.3 Å². The number of alkyl halides is 3. The molecule has 0 saturated heterocycles. The van der Waals surface area contributed by atoms with Crippen molar-refractivity contribution in [2.75, 3.05) is 14.2 Å². The Morgan fingerprint density at radius 2 is 1.69 bits per heavy atom. The Morgan fingerprint density at radius 1 is 1.08 bits per heavy atom. The Hall–Kier alpha value is -2.54. The van der Waals surface area contributed by atoms with Gasteiger partial charge >= 0.3 is 6.18 Å². The Balaban J connectivity index is 2.29. The van der Waals surface area contributed by atoms with Gasteiger partial charge in [-0.05, 0) is 37.1 Å². The number of ether oxygens (including phenoxy) is 1. The van der Waals surface area contributed by atoms with Gasteiger partial charge in [0.1, 0.15) is 5.75 Å². The van der Waals surface area contributed by atoms with E-state index in [0.29, 0.717) is 12.2 Å². The third-order valence-corrected chi connectivity index (χ3v) is 3.97. The van der Waals surface area contributed by atoms with E-state index in [2.05, 4.69) is 0 Å². The highest BCUT2D eigenvalue weighted by Crippen LogP contribution is 2.33. The van der Waals surface area contributed by atoms with E-state index < -0.39 is 29.3 Å². The zero-order valence-corrected chi connectivity index (χ0v) is 14.7. The molecule has 1 atom stereocenters. The molecule has 0 aromatic heterocycles. The largest absolute Gasteiger partial charge is 0.496 e. The summed E-state index contributed by atoms with van der Waals surface area (Å²) >= 11 is 0. The molecule has 0 aliphatic carbocycles. The molecule has 2 aromatic rings. The number of carbonyl (C=O) groups is 1. The number of hydrogen-bond donors (Lipinski definition) is 0. The maximum absolute atomic E-state index is 13.2. The van der Waals surface area contributed by atoms with Gasteiger partial charge in [-0.25, -0.2) is 5.06 Å². The van der Waals surface area contributed by atoms with Crippen LogP contribution in [0.25, 0.3) is 0 Å². The highest BCUT2D eigenvalue weighted by atomic mass is 19.4. The molecule has 7 heteroatoms. The third kappa shape index (κ3) is 4.35. The highest BCUT2D eigenvalue weighted by Gasteiger charge is 2.36. The average Bonchev–Trinajstić information content (AvgIpc) is 2.62. The first-order valence-corrected chi connectivity index (χ1v) is 7.95. The van der Waals surface area contributed by atoms with Crippen LogP contribution in [0, 0.1) is 0 Å². The number of halogens is 3. The number of carbonyl (C=O) groups excluding carboxylic acids is 1. The van der Waals surface area contributed by atoms with E-state index in [-0.39, 0.29) is 0 Å². The Labute approximate surface area is 150 Å². The molecule has 0 heterocycles. The van der Waals surface area contributed by atoms with E-state index in [1.54, 1.807) is 13.0 Å². The molecule has 140 valence electrons. The van der Waals surface area contributed by atoms with Crippen LogP contribution >= 0.6 is 0 Å². The number of benzene rings is 2. The van der Waals surface area contributed by atoms with Crippen molar-refractivity contribution < 1.29 is 27.5 Å². The Bertz CT molecular complexity index is 762. The summed E-state index contributed by atoms with van der Waals surface area (Å²) in [5.74, 6) is -0.207. The van der Waals surface area contributed by atoms with Crippen LogP contribution in [0.15, 0.2) is 48.5 Å². The summed E-state index contributed by atoms with van der Waals surface area (Å²) in [6.45, 7) is 1.70. The number of hydrogen-bond acceptors (Lipinski definition) is 3. The van der Waals surface area contributed by atoms with Crippen LogP contribution in [0.4, 0.5) is 13.2 Å². The van der Waals surface area contributed by atoms with Crippen molar-refractivity contribution in [1.82, 2.24) is 5.06 Å². The number of rotatable bonds is 6. The Kier molecular flexibility index (Phi) is 6.26. The van der Waals surface area contributed by atoms with Gasteiger partial charge < -0.3 is 4.74 Å². The minimum Gasteiger partial charge on any atom is -0.496 e. The van der Waals surface area contributed by atoms with E-state index in [9.17, 15) is 18.0 Å². The number of methoxy groups -OCH3 is 1. The molecule has 1 amide bonds. The van der Waals surface area contributed by atoms with Crippen LogP contribution in [-0.2, 0) is 17.4 Å². The van der Waals surface area contributed by atoms with Gasteiger partial charge in [0.25, 0.3) is 5.91 Å². The molecule has 2 rings (SSSR count). The molecule has 0 N–H and O–H groups in total. The lowest BCUT2D eigenvalue weighted by Crippen LogP contribution is -2.39. The van der Waals surface area contributed by atoms with E-state index in [0.717, 1.165) is 22.8 Å². The molecule has 0 aliphatic heterocycles. The normalized spacial score (nSPS) is 12.5. The van der Waals surface area contributed by atoms with E-state index in [1.807, 2.05) is 18.2 Å². The minimum atomic E-state index is -4.63. The van der Waals surface area contributed by atoms with Crippen molar-refractivity contribution >= 4 is 5.91 Å². The molecular formula is C19H20F3NO3. The van der Waals surface area contributed by atoms with Gasteiger partial charge in [0.05, 0.1) is 31.4 Å². The number of hydroxylamine groups is 2. The predicted molar refractivity (Wildman–Crippen MR) is 90.8 cm³/mol. The molecule has 2 aromatic carbocycles. The highest BCUT2D eigenvalue weighted by molar-refractivity contribution is 5.95. The second-order valence-corrected chi connectivity index (χ2v) is 5.72. The first kappa shape index (κ1) is 19.8. The lowest BCUT2D eigenvalue weighted by atomic mass is 10.0. The SMILES string of the molecule is COc1ccccc1C[C@H](C)N(OC)C(=O)c1ccccc1C(F)(F)F. The molecule has 0 spiro atoms. The zero-order chi connectivity index (χ0) is 19.3. The van der Waals surface area contributed by atoms with Crippen molar-refractivity contribution in [3.05, 3.63) is 65.2 Å². The lowest BCUT2D eigenvalue weighted by Gasteiger charge is -2.28. The molecule has 0 radical (unpaired) electrons. The molecule has 0 bridgehead atoms. The molecule has 0 saturated carbocycles. The molecule has 26 heavy (non-hydrogen) atoms. The second-order valence-electron chi connectivity index (χ2n) is 5.72. The number of nitrogens with zero attached hydrogens (tertiary/aromatic N) is 1.